The minimum atomic E-state index is -3.40. The summed E-state index contributed by atoms with van der Waals surface area (Å²) >= 11 is 19.4. The average Bonchev–Trinajstić information content (AvgIpc) is 2.68. The molecular formula is C20H17Cl3F3N3S. The van der Waals surface area contributed by atoms with Crippen molar-refractivity contribution in [2.24, 2.45) is 4.99 Å². The Morgan fingerprint density at radius 2 is 1.63 bits per heavy atom. The summed E-state index contributed by atoms with van der Waals surface area (Å²) < 4.78 is 44.0. The molecule has 30 heavy (non-hydrogen) atoms. The zero-order valence-corrected chi connectivity index (χ0v) is 18.7. The summed E-state index contributed by atoms with van der Waals surface area (Å²) in [7, 11) is 0. The lowest BCUT2D eigenvalue weighted by Gasteiger charge is -2.40. The lowest BCUT2D eigenvalue weighted by molar-refractivity contribution is -0.0921. The van der Waals surface area contributed by atoms with Crippen LogP contribution in [0.2, 0.25) is 15.1 Å². The van der Waals surface area contributed by atoms with Crippen LogP contribution in [0.15, 0.2) is 46.3 Å². The molecule has 0 aliphatic carbocycles. The Kier molecular flexibility index (Phi) is 6.21. The van der Waals surface area contributed by atoms with Gasteiger partial charge < -0.3 is 4.90 Å². The Balaban J connectivity index is 1.84. The summed E-state index contributed by atoms with van der Waals surface area (Å²) in [6, 6.07) is 6.74. The number of nitrogens with zero attached hydrogens (tertiary/aromatic N) is 2. The van der Waals surface area contributed by atoms with Crippen molar-refractivity contribution in [3.63, 3.8) is 0 Å². The molecule has 4 bridgehead atoms. The molecule has 1 N–H and O–H groups in total. The molecule has 1 saturated heterocycles. The van der Waals surface area contributed by atoms with Gasteiger partial charge in [-0.25, -0.2) is 14.7 Å². The number of amidine groups is 1. The fourth-order valence-corrected chi connectivity index (χ4v) is 4.99. The van der Waals surface area contributed by atoms with Gasteiger partial charge in [-0.1, -0.05) is 34.8 Å². The third-order valence-electron chi connectivity index (χ3n) is 5.00. The van der Waals surface area contributed by atoms with Crippen LogP contribution in [0, 0.1) is 0 Å². The van der Waals surface area contributed by atoms with Crippen molar-refractivity contribution in [2.75, 3.05) is 18.8 Å². The van der Waals surface area contributed by atoms with Gasteiger partial charge in [0.2, 0.25) is 0 Å². The van der Waals surface area contributed by atoms with Gasteiger partial charge in [-0.3, -0.25) is 0 Å². The van der Waals surface area contributed by atoms with Crippen LogP contribution in [0.25, 0.3) is 0 Å². The van der Waals surface area contributed by atoms with Crippen molar-refractivity contribution in [3.05, 3.63) is 57.0 Å². The highest BCUT2D eigenvalue weighted by atomic mass is 35.5. The molecule has 2 aromatic rings. The van der Waals surface area contributed by atoms with Gasteiger partial charge in [-0.15, -0.1) is 11.8 Å². The predicted octanol–water partition coefficient (Wildman–Crippen LogP) is 6.77. The summed E-state index contributed by atoms with van der Waals surface area (Å²) in [5, 5.41) is 3.03. The highest BCUT2D eigenvalue weighted by Gasteiger charge is 2.44. The van der Waals surface area contributed by atoms with E-state index in [-0.39, 0.29) is 31.0 Å². The van der Waals surface area contributed by atoms with Gasteiger partial charge >= 0.3 is 6.05 Å². The number of hydrogen-bond donors (Lipinski definition) is 1. The zero-order chi connectivity index (χ0) is 21.5. The normalized spacial score (nSPS) is 22.5. The van der Waals surface area contributed by atoms with E-state index < -0.39 is 17.6 Å². The Morgan fingerprint density at radius 1 is 0.967 bits per heavy atom. The van der Waals surface area contributed by atoms with Crippen LogP contribution in [0.5, 0.6) is 0 Å². The summed E-state index contributed by atoms with van der Waals surface area (Å²) in [5.74, 6) is -2.27. The highest BCUT2D eigenvalue weighted by molar-refractivity contribution is 7.99. The SMILES string of the molecule is FC1(F)CSc2cc(c(Cl)cc2Cl)/N=C(/c2ccc(Cl)cc2)N2CCC(F)(CC2)N1. The third-order valence-corrected chi connectivity index (χ3v) is 7.14. The highest BCUT2D eigenvalue weighted by Crippen LogP contribution is 2.40. The monoisotopic (exact) mass is 493 g/mol. The van der Waals surface area contributed by atoms with Crippen molar-refractivity contribution in [2.45, 2.75) is 29.6 Å². The summed E-state index contributed by atoms with van der Waals surface area (Å²) in [6.07, 6.45) is -0.210. The number of hydrogen-bond acceptors (Lipinski definition) is 4. The van der Waals surface area contributed by atoms with Crippen LogP contribution in [0.4, 0.5) is 18.9 Å². The minimum absolute atomic E-state index is 0.105. The van der Waals surface area contributed by atoms with Crippen molar-refractivity contribution < 1.29 is 13.2 Å². The van der Waals surface area contributed by atoms with E-state index >= 15 is 4.39 Å². The quantitative estimate of drug-likeness (QED) is 0.443. The maximum Gasteiger partial charge on any atom is 0.314 e. The molecule has 5 rings (SSSR count). The second kappa shape index (κ2) is 8.43. The number of thioether (sulfide) groups is 1. The lowest BCUT2D eigenvalue weighted by Crippen LogP contribution is -2.58. The van der Waals surface area contributed by atoms with E-state index in [1.165, 1.54) is 6.07 Å². The van der Waals surface area contributed by atoms with Crippen molar-refractivity contribution in [1.82, 2.24) is 10.2 Å². The van der Waals surface area contributed by atoms with E-state index in [0.29, 0.717) is 26.5 Å². The Labute approximate surface area is 191 Å². The molecule has 2 aromatic carbocycles. The minimum Gasteiger partial charge on any atom is -0.356 e. The first-order valence-corrected chi connectivity index (χ1v) is 11.3. The van der Waals surface area contributed by atoms with Gasteiger partial charge in [-0.2, -0.15) is 8.78 Å². The molecule has 0 atom stereocenters. The maximum atomic E-state index is 15.1. The first-order valence-electron chi connectivity index (χ1n) is 9.22. The number of halogens is 6. The number of fused-ring (bicyclic) bond motifs is 5. The van der Waals surface area contributed by atoms with Gasteiger partial charge in [0.15, 0.2) is 5.79 Å². The van der Waals surface area contributed by atoms with E-state index in [2.05, 4.69) is 0 Å². The standard InChI is InChI=1S/C20H17Cl3F3N3S/c21-13-3-1-12(2-4-13)18-27-16-10-17(15(23)9-14(16)22)30-11-20(25,26)28-19(24)5-7-29(18)8-6-19/h1-4,9-10,28H,5-8,11H2/b27-18-. The molecule has 10 heteroatoms. The fraction of sp³-hybridized carbons (Fsp3) is 0.350. The molecule has 0 radical (unpaired) electrons. The largest absolute Gasteiger partial charge is 0.356 e. The van der Waals surface area contributed by atoms with Crippen molar-refractivity contribution >= 4 is 58.1 Å². The van der Waals surface area contributed by atoms with Gasteiger partial charge in [-0.05, 0) is 36.4 Å². The number of nitrogens with one attached hydrogen (secondary N) is 1. The first-order chi connectivity index (χ1) is 14.1. The second-order valence-electron chi connectivity index (χ2n) is 7.25. The van der Waals surface area contributed by atoms with Crippen molar-refractivity contribution in [1.29, 1.82) is 0 Å². The van der Waals surface area contributed by atoms with Crippen LogP contribution in [-0.2, 0) is 0 Å². The number of piperidine rings is 1. The van der Waals surface area contributed by atoms with Gasteiger partial charge in [0.05, 0.1) is 21.5 Å². The third kappa shape index (κ3) is 4.86. The zero-order valence-electron chi connectivity index (χ0n) is 15.6. The van der Waals surface area contributed by atoms with Gasteiger partial charge in [0.1, 0.15) is 5.84 Å². The van der Waals surface area contributed by atoms with Gasteiger partial charge in [0, 0.05) is 41.4 Å². The molecule has 0 spiro atoms. The average molecular weight is 495 g/mol. The molecule has 3 aliphatic heterocycles. The molecule has 160 valence electrons. The molecule has 0 amide bonds. The topological polar surface area (TPSA) is 27.6 Å². The maximum absolute atomic E-state index is 15.1. The molecular weight excluding hydrogens is 478 g/mol. The molecule has 0 aromatic heterocycles. The number of aliphatic imine (C=N–C) groups is 1. The molecule has 1 fully saturated rings. The van der Waals surface area contributed by atoms with Crippen LogP contribution >= 0.6 is 46.6 Å². The molecule has 0 saturated carbocycles. The van der Waals surface area contributed by atoms with Gasteiger partial charge in [0.25, 0.3) is 0 Å². The lowest BCUT2D eigenvalue weighted by atomic mass is 10.0. The first kappa shape index (κ1) is 22.1. The molecule has 3 aliphatic rings. The van der Waals surface area contributed by atoms with Crippen LogP contribution in [0.1, 0.15) is 18.4 Å². The molecule has 3 nitrogen and oxygen atoms in total. The summed E-state index contributed by atoms with van der Waals surface area (Å²) in [6.45, 7) is 0.429. The Bertz CT molecular complexity index is 977. The van der Waals surface area contributed by atoms with Crippen LogP contribution < -0.4 is 5.32 Å². The summed E-state index contributed by atoms with van der Waals surface area (Å²) in [5.41, 5.74) is 1.17. The van der Waals surface area contributed by atoms with E-state index in [9.17, 15) is 8.78 Å². The number of rotatable bonds is 1. The van der Waals surface area contributed by atoms with Crippen LogP contribution in [-0.4, -0.2) is 41.4 Å². The van der Waals surface area contributed by atoms with Crippen LogP contribution in [0.3, 0.4) is 0 Å². The van der Waals surface area contributed by atoms with E-state index in [1.54, 1.807) is 18.2 Å². The Hall–Kier alpha value is -1.12. The van der Waals surface area contributed by atoms with Crippen molar-refractivity contribution in [3.8, 4) is 0 Å². The van der Waals surface area contributed by atoms with E-state index in [0.717, 1.165) is 17.3 Å². The smallest absolute Gasteiger partial charge is 0.314 e. The van der Waals surface area contributed by atoms with E-state index in [1.807, 2.05) is 22.3 Å². The number of alkyl halides is 3. The second-order valence-corrected chi connectivity index (χ2v) is 9.51. The molecule has 0 unspecified atom stereocenters. The predicted molar refractivity (Wildman–Crippen MR) is 118 cm³/mol. The molecule has 3 heterocycles. The Morgan fingerprint density at radius 3 is 2.30 bits per heavy atom. The number of benzene rings is 2. The summed E-state index contributed by atoms with van der Waals surface area (Å²) in [4.78, 5) is 7.00. The van der Waals surface area contributed by atoms with E-state index in [4.69, 9.17) is 39.8 Å². The fourth-order valence-electron chi connectivity index (χ4n) is 3.48.